The topological polar surface area (TPSA) is 43.4 Å². The Bertz CT molecular complexity index is 138. The lowest BCUT2D eigenvalue weighted by molar-refractivity contribution is -0.142. The van der Waals surface area contributed by atoms with Crippen LogP contribution >= 0.6 is 0 Å². The third kappa shape index (κ3) is 4.06. The van der Waals surface area contributed by atoms with Crippen LogP contribution in [0.1, 0.15) is 27.2 Å². The van der Waals surface area contributed by atoms with E-state index < -0.39 is 5.60 Å². The molecule has 0 fully saturated rings. The van der Waals surface area contributed by atoms with Gasteiger partial charge in [-0.1, -0.05) is 0 Å². The van der Waals surface area contributed by atoms with Gasteiger partial charge in [0.15, 0.2) is 0 Å². The molecule has 0 N–H and O–H groups in total. The predicted octanol–water partition coefficient (Wildman–Crippen LogP) is 0.917. The third-order valence-electron chi connectivity index (χ3n) is 1.04. The summed E-state index contributed by atoms with van der Waals surface area (Å²) in [5.74, 6) is 0.0202. The predicted molar refractivity (Wildman–Crippen MR) is 36.5 cm³/mol. The Morgan fingerprint density at radius 2 is 2.10 bits per heavy atom. The van der Waals surface area contributed by atoms with Gasteiger partial charge in [-0.3, -0.25) is 9.59 Å². The third-order valence-corrected chi connectivity index (χ3v) is 1.04. The smallest absolute Gasteiger partial charge is 0.293 e. The normalized spacial score (nSPS) is 10.7. The number of hydrogen-bond donors (Lipinski definition) is 0. The van der Waals surface area contributed by atoms with Gasteiger partial charge in [-0.15, -0.1) is 0 Å². The molecule has 0 rings (SSSR count). The van der Waals surface area contributed by atoms with Crippen LogP contribution < -0.4 is 0 Å². The van der Waals surface area contributed by atoms with Crippen LogP contribution in [0.3, 0.4) is 0 Å². The standard InChI is InChI=1S/C7H12O3/c1-6(9)4-7(2,3)10-5-8/h5H,4H2,1-3H3. The molecule has 3 heteroatoms. The van der Waals surface area contributed by atoms with Gasteiger partial charge in [-0.2, -0.15) is 0 Å². The van der Waals surface area contributed by atoms with Crippen LogP contribution in [0.25, 0.3) is 0 Å². The van der Waals surface area contributed by atoms with Crippen LogP contribution in [-0.4, -0.2) is 17.9 Å². The minimum atomic E-state index is -0.645. The number of ketones is 1. The van der Waals surface area contributed by atoms with E-state index in [1.807, 2.05) is 0 Å². The van der Waals surface area contributed by atoms with Gasteiger partial charge in [-0.05, 0) is 20.8 Å². The second-order valence-corrected chi connectivity index (χ2v) is 2.85. The van der Waals surface area contributed by atoms with Crippen LogP contribution in [0, 0.1) is 0 Å². The molecule has 0 bridgehead atoms. The van der Waals surface area contributed by atoms with E-state index in [2.05, 4.69) is 4.74 Å². The van der Waals surface area contributed by atoms with Gasteiger partial charge in [0.25, 0.3) is 6.47 Å². The highest BCUT2D eigenvalue weighted by Crippen LogP contribution is 2.12. The van der Waals surface area contributed by atoms with Gasteiger partial charge >= 0.3 is 0 Å². The minimum Gasteiger partial charge on any atom is -0.461 e. The first-order chi connectivity index (χ1) is 4.48. The van der Waals surface area contributed by atoms with Crippen molar-refractivity contribution in [2.45, 2.75) is 32.8 Å². The molecular formula is C7H12O3. The maximum atomic E-state index is 10.5. The maximum absolute atomic E-state index is 10.5. The van der Waals surface area contributed by atoms with E-state index in [1.54, 1.807) is 13.8 Å². The average molecular weight is 144 g/mol. The molecule has 0 atom stereocenters. The molecule has 0 unspecified atom stereocenters. The fraction of sp³-hybridized carbons (Fsp3) is 0.714. The second kappa shape index (κ2) is 3.34. The van der Waals surface area contributed by atoms with Crippen molar-refractivity contribution < 1.29 is 14.3 Å². The summed E-state index contributed by atoms with van der Waals surface area (Å²) in [6, 6.07) is 0. The highest BCUT2D eigenvalue weighted by Gasteiger charge is 2.20. The monoisotopic (exact) mass is 144 g/mol. The first-order valence-electron chi connectivity index (χ1n) is 3.09. The zero-order valence-electron chi connectivity index (χ0n) is 6.51. The van der Waals surface area contributed by atoms with E-state index in [0.717, 1.165) is 0 Å². The number of carbonyl (C=O) groups is 2. The average Bonchev–Trinajstić information content (AvgIpc) is 1.59. The molecule has 3 nitrogen and oxygen atoms in total. The Kier molecular flexibility index (Phi) is 3.06. The molecule has 0 heterocycles. The molecule has 0 aliphatic rings. The van der Waals surface area contributed by atoms with Crippen molar-refractivity contribution in [3.63, 3.8) is 0 Å². The van der Waals surface area contributed by atoms with Crippen molar-refractivity contribution in [2.24, 2.45) is 0 Å². The highest BCUT2D eigenvalue weighted by atomic mass is 16.5. The molecular weight excluding hydrogens is 132 g/mol. The SMILES string of the molecule is CC(=O)CC(C)(C)OC=O. The number of Topliss-reactive ketones (excluding diaryl/α,β-unsaturated/α-hetero) is 1. The van der Waals surface area contributed by atoms with Crippen LogP contribution in [0.5, 0.6) is 0 Å². The van der Waals surface area contributed by atoms with Gasteiger partial charge in [0.2, 0.25) is 0 Å². The molecule has 0 spiro atoms. The van der Waals surface area contributed by atoms with E-state index in [9.17, 15) is 9.59 Å². The molecule has 10 heavy (non-hydrogen) atoms. The summed E-state index contributed by atoms with van der Waals surface area (Å²) >= 11 is 0. The fourth-order valence-corrected chi connectivity index (χ4v) is 0.771. The van der Waals surface area contributed by atoms with Crippen LogP contribution in [0.15, 0.2) is 0 Å². The van der Waals surface area contributed by atoms with Gasteiger partial charge < -0.3 is 4.74 Å². The van der Waals surface area contributed by atoms with E-state index in [4.69, 9.17) is 0 Å². The van der Waals surface area contributed by atoms with Gasteiger partial charge in [-0.25, -0.2) is 0 Å². The number of hydrogen-bond acceptors (Lipinski definition) is 3. The first-order valence-corrected chi connectivity index (χ1v) is 3.09. The van der Waals surface area contributed by atoms with Gasteiger partial charge in [0.1, 0.15) is 11.4 Å². The summed E-state index contributed by atoms with van der Waals surface area (Å²) in [6.07, 6.45) is 0.270. The van der Waals surface area contributed by atoms with E-state index in [-0.39, 0.29) is 12.2 Å². The van der Waals surface area contributed by atoms with E-state index in [1.165, 1.54) is 6.92 Å². The van der Waals surface area contributed by atoms with Crippen LogP contribution in [0.2, 0.25) is 0 Å². The molecule has 0 saturated carbocycles. The summed E-state index contributed by atoms with van der Waals surface area (Å²) in [5.41, 5.74) is -0.645. The van der Waals surface area contributed by atoms with Crippen molar-refractivity contribution in [1.82, 2.24) is 0 Å². The quantitative estimate of drug-likeness (QED) is 0.551. The van der Waals surface area contributed by atoms with Gasteiger partial charge in [0.05, 0.1) is 0 Å². The summed E-state index contributed by atoms with van der Waals surface area (Å²) in [5, 5.41) is 0. The highest BCUT2D eigenvalue weighted by molar-refractivity contribution is 5.76. The summed E-state index contributed by atoms with van der Waals surface area (Å²) < 4.78 is 4.64. The van der Waals surface area contributed by atoms with Crippen molar-refractivity contribution in [3.05, 3.63) is 0 Å². The van der Waals surface area contributed by atoms with Crippen molar-refractivity contribution >= 4 is 12.3 Å². The maximum Gasteiger partial charge on any atom is 0.293 e. The Morgan fingerprint density at radius 3 is 2.40 bits per heavy atom. The lowest BCUT2D eigenvalue weighted by Crippen LogP contribution is -2.26. The summed E-state index contributed by atoms with van der Waals surface area (Å²) in [6.45, 7) is 5.23. The first kappa shape index (κ1) is 9.14. The molecule has 0 radical (unpaired) electrons. The summed E-state index contributed by atoms with van der Waals surface area (Å²) in [7, 11) is 0. The zero-order valence-corrected chi connectivity index (χ0v) is 6.51. The Labute approximate surface area is 60.4 Å². The lowest BCUT2D eigenvalue weighted by Gasteiger charge is -2.20. The van der Waals surface area contributed by atoms with Crippen LogP contribution in [-0.2, 0) is 14.3 Å². The molecule has 0 aliphatic carbocycles. The Hall–Kier alpha value is -0.860. The minimum absolute atomic E-state index is 0.0202. The molecule has 58 valence electrons. The Balaban J connectivity index is 3.85. The lowest BCUT2D eigenvalue weighted by atomic mass is 10.0. The van der Waals surface area contributed by atoms with Crippen LogP contribution in [0.4, 0.5) is 0 Å². The van der Waals surface area contributed by atoms with Gasteiger partial charge in [0, 0.05) is 6.42 Å². The van der Waals surface area contributed by atoms with E-state index >= 15 is 0 Å². The Morgan fingerprint density at radius 1 is 1.60 bits per heavy atom. The fourth-order valence-electron chi connectivity index (χ4n) is 0.771. The molecule has 0 saturated heterocycles. The number of rotatable bonds is 4. The molecule has 0 aliphatic heterocycles. The number of ether oxygens (including phenoxy) is 1. The number of carbonyl (C=O) groups excluding carboxylic acids is 2. The van der Waals surface area contributed by atoms with Crippen molar-refractivity contribution in [3.8, 4) is 0 Å². The zero-order chi connectivity index (χ0) is 8.20. The molecule has 0 aromatic heterocycles. The summed E-state index contributed by atoms with van der Waals surface area (Å²) in [4.78, 5) is 20.4. The molecule has 0 aromatic carbocycles. The molecule has 0 amide bonds. The second-order valence-electron chi connectivity index (χ2n) is 2.85. The van der Waals surface area contributed by atoms with E-state index in [0.29, 0.717) is 6.47 Å². The molecule has 0 aromatic rings. The van der Waals surface area contributed by atoms with Crippen molar-refractivity contribution in [1.29, 1.82) is 0 Å². The largest absolute Gasteiger partial charge is 0.461 e. The van der Waals surface area contributed by atoms with Crippen molar-refractivity contribution in [2.75, 3.05) is 0 Å².